The van der Waals surface area contributed by atoms with Crippen LogP contribution in [-0.4, -0.2) is 44.1 Å². The van der Waals surface area contributed by atoms with Crippen LogP contribution in [0.4, 0.5) is 5.69 Å². The second kappa shape index (κ2) is 8.21. The van der Waals surface area contributed by atoms with Gasteiger partial charge in [-0.25, -0.2) is 0 Å². The highest BCUT2D eigenvalue weighted by molar-refractivity contribution is 6.01. The lowest BCUT2D eigenvalue weighted by atomic mass is 10.1. The smallest absolute Gasteiger partial charge is 0.264 e. The molecule has 0 aromatic heterocycles. The number of rotatable bonds is 4. The summed E-state index contributed by atoms with van der Waals surface area (Å²) in [5, 5.41) is 9.42. The number of ether oxygens (including phenoxy) is 1. The Hall–Kier alpha value is -3.26. The predicted octanol–water partition coefficient (Wildman–Crippen LogP) is 2.95. The molecule has 0 atom stereocenters. The molecule has 0 N–H and O–H groups in total. The third-order valence-corrected chi connectivity index (χ3v) is 4.47. The van der Waals surface area contributed by atoms with Crippen LogP contribution in [0.1, 0.15) is 5.56 Å². The number of nitriles is 1. The van der Waals surface area contributed by atoms with Gasteiger partial charge in [0.2, 0.25) is 0 Å². The summed E-state index contributed by atoms with van der Waals surface area (Å²) in [6.45, 7) is 2.73. The molecular formula is C21H21N3O2. The summed E-state index contributed by atoms with van der Waals surface area (Å²) in [4.78, 5) is 16.7. The maximum absolute atomic E-state index is 12.7. The zero-order valence-electron chi connectivity index (χ0n) is 14.8. The molecule has 1 aliphatic rings. The first-order chi connectivity index (χ1) is 12.7. The first kappa shape index (κ1) is 17.6. The van der Waals surface area contributed by atoms with Crippen molar-refractivity contribution in [3.05, 3.63) is 65.7 Å². The van der Waals surface area contributed by atoms with E-state index in [0.717, 1.165) is 30.1 Å². The minimum Gasteiger partial charge on any atom is -0.497 e. The van der Waals surface area contributed by atoms with Crippen molar-refractivity contribution in [1.29, 1.82) is 5.26 Å². The van der Waals surface area contributed by atoms with Crippen LogP contribution in [0.5, 0.6) is 5.75 Å². The molecule has 1 fully saturated rings. The lowest BCUT2D eigenvalue weighted by Gasteiger charge is -2.36. The van der Waals surface area contributed by atoms with Crippen molar-refractivity contribution >= 4 is 17.7 Å². The molecule has 1 amide bonds. The van der Waals surface area contributed by atoms with Crippen LogP contribution in [-0.2, 0) is 4.79 Å². The Kier molecular flexibility index (Phi) is 5.55. The molecule has 0 saturated carbocycles. The van der Waals surface area contributed by atoms with Crippen LogP contribution in [0, 0.1) is 11.3 Å². The highest BCUT2D eigenvalue weighted by atomic mass is 16.5. The molecule has 132 valence electrons. The van der Waals surface area contributed by atoms with Crippen LogP contribution in [0.25, 0.3) is 6.08 Å². The number of nitrogens with zero attached hydrogens (tertiary/aromatic N) is 3. The fourth-order valence-corrected chi connectivity index (χ4v) is 2.99. The fourth-order valence-electron chi connectivity index (χ4n) is 2.99. The van der Waals surface area contributed by atoms with Gasteiger partial charge >= 0.3 is 0 Å². The maximum atomic E-state index is 12.7. The zero-order chi connectivity index (χ0) is 18.4. The van der Waals surface area contributed by atoms with Gasteiger partial charge in [-0.2, -0.15) is 5.26 Å². The number of hydrogen-bond donors (Lipinski definition) is 0. The monoisotopic (exact) mass is 347 g/mol. The number of para-hydroxylation sites is 1. The summed E-state index contributed by atoms with van der Waals surface area (Å²) in [6.07, 6.45) is 1.63. The minimum atomic E-state index is -0.212. The molecule has 5 heteroatoms. The van der Waals surface area contributed by atoms with Crippen molar-refractivity contribution in [3.8, 4) is 11.8 Å². The Morgan fingerprint density at radius 3 is 2.27 bits per heavy atom. The van der Waals surface area contributed by atoms with Gasteiger partial charge in [0.1, 0.15) is 17.4 Å². The molecule has 1 heterocycles. The van der Waals surface area contributed by atoms with Gasteiger partial charge in [-0.15, -0.1) is 0 Å². The van der Waals surface area contributed by atoms with E-state index >= 15 is 0 Å². The Morgan fingerprint density at radius 1 is 1.04 bits per heavy atom. The third kappa shape index (κ3) is 4.04. The van der Waals surface area contributed by atoms with Crippen LogP contribution in [0.3, 0.4) is 0 Å². The first-order valence-electron chi connectivity index (χ1n) is 8.56. The van der Waals surface area contributed by atoms with Crippen molar-refractivity contribution < 1.29 is 9.53 Å². The van der Waals surface area contributed by atoms with Gasteiger partial charge < -0.3 is 14.5 Å². The van der Waals surface area contributed by atoms with Gasteiger partial charge in [-0.1, -0.05) is 30.3 Å². The Bertz CT molecular complexity index is 815. The summed E-state index contributed by atoms with van der Waals surface area (Å²) >= 11 is 0. The molecule has 2 aromatic carbocycles. The van der Waals surface area contributed by atoms with Gasteiger partial charge in [0.25, 0.3) is 5.91 Å². The SMILES string of the molecule is COc1ccc(/C=C(\C#N)C(=O)N2CCN(c3ccccc3)CC2)cc1. The van der Waals surface area contributed by atoms with Crippen LogP contribution >= 0.6 is 0 Å². The molecular weight excluding hydrogens is 326 g/mol. The lowest BCUT2D eigenvalue weighted by molar-refractivity contribution is -0.126. The standard InChI is InChI=1S/C21H21N3O2/c1-26-20-9-7-17(8-10-20)15-18(16-22)21(25)24-13-11-23(12-14-24)19-5-3-2-4-6-19/h2-10,15H,11-14H2,1H3/b18-15+. The van der Waals surface area contributed by atoms with E-state index in [4.69, 9.17) is 4.74 Å². The van der Waals surface area contributed by atoms with E-state index in [9.17, 15) is 10.1 Å². The molecule has 26 heavy (non-hydrogen) atoms. The van der Waals surface area contributed by atoms with Gasteiger partial charge in [0, 0.05) is 31.9 Å². The molecule has 3 rings (SSSR count). The summed E-state index contributed by atoms with van der Waals surface area (Å²) in [5.41, 5.74) is 2.12. The van der Waals surface area contributed by atoms with Crippen molar-refractivity contribution in [3.63, 3.8) is 0 Å². The van der Waals surface area contributed by atoms with Crippen molar-refractivity contribution in [2.24, 2.45) is 0 Å². The molecule has 1 aliphatic heterocycles. The van der Waals surface area contributed by atoms with Crippen LogP contribution < -0.4 is 9.64 Å². The Labute approximate surface area is 153 Å². The second-order valence-electron chi connectivity index (χ2n) is 6.06. The van der Waals surface area contributed by atoms with Crippen molar-refractivity contribution in [2.45, 2.75) is 0 Å². The molecule has 1 saturated heterocycles. The van der Waals surface area contributed by atoms with Gasteiger partial charge in [-0.3, -0.25) is 4.79 Å². The molecule has 0 unspecified atom stereocenters. The molecule has 5 nitrogen and oxygen atoms in total. The fraction of sp³-hybridized carbons (Fsp3) is 0.238. The van der Waals surface area contributed by atoms with E-state index < -0.39 is 0 Å². The zero-order valence-corrected chi connectivity index (χ0v) is 14.8. The highest BCUT2D eigenvalue weighted by Gasteiger charge is 2.23. The number of hydrogen-bond acceptors (Lipinski definition) is 4. The molecule has 0 spiro atoms. The quantitative estimate of drug-likeness (QED) is 0.630. The molecule has 2 aromatic rings. The number of carbonyl (C=O) groups is 1. The topological polar surface area (TPSA) is 56.6 Å². The second-order valence-corrected chi connectivity index (χ2v) is 6.06. The lowest BCUT2D eigenvalue weighted by Crippen LogP contribution is -2.49. The predicted molar refractivity (Wildman–Crippen MR) is 102 cm³/mol. The third-order valence-electron chi connectivity index (χ3n) is 4.47. The average molecular weight is 347 g/mol. The number of carbonyl (C=O) groups excluding carboxylic acids is 1. The molecule has 0 bridgehead atoms. The van der Waals surface area contributed by atoms with Crippen molar-refractivity contribution in [2.75, 3.05) is 38.2 Å². The Balaban J connectivity index is 1.66. The van der Waals surface area contributed by atoms with Gasteiger partial charge in [-0.05, 0) is 35.9 Å². The summed E-state index contributed by atoms with van der Waals surface area (Å²) < 4.78 is 5.12. The average Bonchev–Trinajstić information content (AvgIpc) is 2.72. The van der Waals surface area contributed by atoms with E-state index in [0.29, 0.717) is 13.1 Å². The normalized spacial score (nSPS) is 14.7. The van der Waals surface area contributed by atoms with E-state index in [-0.39, 0.29) is 11.5 Å². The van der Waals surface area contributed by atoms with E-state index in [2.05, 4.69) is 17.0 Å². The van der Waals surface area contributed by atoms with E-state index in [1.807, 2.05) is 48.5 Å². The maximum Gasteiger partial charge on any atom is 0.264 e. The molecule has 0 aliphatic carbocycles. The van der Waals surface area contributed by atoms with Crippen LogP contribution in [0.2, 0.25) is 0 Å². The summed E-state index contributed by atoms with van der Waals surface area (Å²) in [5.74, 6) is 0.528. The number of anilines is 1. The first-order valence-corrected chi connectivity index (χ1v) is 8.56. The number of piperazine rings is 1. The highest BCUT2D eigenvalue weighted by Crippen LogP contribution is 2.18. The van der Waals surface area contributed by atoms with Gasteiger partial charge in [0.05, 0.1) is 7.11 Å². The van der Waals surface area contributed by atoms with Crippen LogP contribution in [0.15, 0.2) is 60.2 Å². The van der Waals surface area contributed by atoms with E-state index in [1.54, 1.807) is 18.1 Å². The van der Waals surface area contributed by atoms with Gasteiger partial charge in [0.15, 0.2) is 0 Å². The van der Waals surface area contributed by atoms with Crippen molar-refractivity contribution in [1.82, 2.24) is 4.90 Å². The van der Waals surface area contributed by atoms with E-state index in [1.165, 1.54) is 0 Å². The summed E-state index contributed by atoms with van der Waals surface area (Å²) in [7, 11) is 1.60. The largest absolute Gasteiger partial charge is 0.497 e. The number of amides is 1. The summed E-state index contributed by atoms with van der Waals surface area (Å²) in [6, 6.07) is 19.5. The Morgan fingerprint density at radius 2 is 1.69 bits per heavy atom. The number of methoxy groups -OCH3 is 1. The minimum absolute atomic E-state index is 0.156. The molecule has 0 radical (unpaired) electrons. The number of benzene rings is 2.